The molecule has 0 fully saturated rings. The third kappa shape index (κ3) is 2.34. The molecule has 0 amide bonds. The summed E-state index contributed by atoms with van der Waals surface area (Å²) in [6.07, 6.45) is 0. The first-order valence-electron chi connectivity index (χ1n) is 2.66. The zero-order valence-corrected chi connectivity index (χ0v) is 5.83. The summed E-state index contributed by atoms with van der Waals surface area (Å²) in [6, 6.07) is -1.11. The lowest BCUT2D eigenvalue weighted by molar-refractivity contribution is -0.136. The molecule has 0 radical (unpaired) electrons. The Labute approximate surface area is 58.3 Å². The topological polar surface area (TPSA) is 85.9 Å². The van der Waals surface area contributed by atoms with Gasteiger partial charge in [0.1, 0.15) is 0 Å². The summed E-state index contributed by atoms with van der Waals surface area (Å²) < 4.78 is 0. The molecule has 0 saturated heterocycles. The van der Waals surface area contributed by atoms with Gasteiger partial charge in [0.25, 0.3) is 0 Å². The average molecular weight is 143 g/mol. The molecule has 56 valence electrons. The van der Waals surface area contributed by atoms with Crippen LogP contribution in [0.1, 0.15) is 6.92 Å². The van der Waals surface area contributed by atoms with E-state index in [1.807, 2.05) is 0 Å². The van der Waals surface area contributed by atoms with Gasteiger partial charge in [0.05, 0.1) is 0 Å². The van der Waals surface area contributed by atoms with Crippen molar-refractivity contribution in [3.05, 3.63) is 0 Å². The SMILES string of the molecule is CN=NC(C(C)=N)C(=O)O. The van der Waals surface area contributed by atoms with E-state index in [4.69, 9.17) is 10.5 Å². The van der Waals surface area contributed by atoms with Crippen LogP contribution in [0, 0.1) is 5.41 Å². The van der Waals surface area contributed by atoms with E-state index in [1.165, 1.54) is 14.0 Å². The van der Waals surface area contributed by atoms with Gasteiger partial charge in [0.2, 0.25) is 6.04 Å². The van der Waals surface area contributed by atoms with Crippen molar-refractivity contribution in [3.63, 3.8) is 0 Å². The van der Waals surface area contributed by atoms with Crippen molar-refractivity contribution in [3.8, 4) is 0 Å². The van der Waals surface area contributed by atoms with Crippen molar-refractivity contribution < 1.29 is 9.90 Å². The first-order chi connectivity index (χ1) is 4.59. The second kappa shape index (κ2) is 3.71. The smallest absolute Gasteiger partial charge is 0.336 e. The normalized spacial score (nSPS) is 13.4. The molecule has 0 spiro atoms. The van der Waals surface area contributed by atoms with E-state index in [-0.39, 0.29) is 5.71 Å². The Hall–Kier alpha value is -1.26. The van der Waals surface area contributed by atoms with E-state index in [9.17, 15) is 4.79 Å². The molecule has 0 rings (SSSR count). The number of rotatable bonds is 3. The molecule has 0 aromatic heterocycles. The van der Waals surface area contributed by atoms with E-state index >= 15 is 0 Å². The minimum atomic E-state index is -1.14. The van der Waals surface area contributed by atoms with Crippen LogP contribution in [0.2, 0.25) is 0 Å². The summed E-state index contributed by atoms with van der Waals surface area (Å²) in [7, 11) is 1.37. The van der Waals surface area contributed by atoms with Gasteiger partial charge in [-0.2, -0.15) is 10.2 Å². The number of carboxylic acid groups (broad SMARTS) is 1. The summed E-state index contributed by atoms with van der Waals surface area (Å²) >= 11 is 0. The zero-order chi connectivity index (χ0) is 8.15. The number of carboxylic acids is 1. The van der Waals surface area contributed by atoms with Gasteiger partial charge >= 0.3 is 5.97 Å². The largest absolute Gasteiger partial charge is 0.479 e. The lowest BCUT2D eigenvalue weighted by atomic mass is 10.2. The molecule has 5 heteroatoms. The summed E-state index contributed by atoms with van der Waals surface area (Å²) in [6.45, 7) is 1.38. The molecule has 5 nitrogen and oxygen atoms in total. The fourth-order valence-corrected chi connectivity index (χ4v) is 0.437. The Kier molecular flexibility index (Phi) is 3.24. The van der Waals surface area contributed by atoms with Crippen LogP contribution < -0.4 is 0 Å². The number of hydrogen-bond acceptors (Lipinski definition) is 4. The molecule has 10 heavy (non-hydrogen) atoms. The predicted molar refractivity (Wildman–Crippen MR) is 35.6 cm³/mol. The molecular formula is C5H9N3O2. The molecule has 0 bridgehead atoms. The van der Waals surface area contributed by atoms with Crippen molar-refractivity contribution in [2.45, 2.75) is 13.0 Å². The number of azo groups is 1. The Morgan fingerprint density at radius 1 is 1.70 bits per heavy atom. The van der Waals surface area contributed by atoms with Gasteiger partial charge < -0.3 is 10.5 Å². The van der Waals surface area contributed by atoms with Crippen LogP contribution in [-0.2, 0) is 4.79 Å². The van der Waals surface area contributed by atoms with E-state index in [1.54, 1.807) is 0 Å². The molecule has 0 aromatic carbocycles. The number of nitrogens with zero attached hydrogens (tertiary/aromatic N) is 2. The summed E-state index contributed by atoms with van der Waals surface area (Å²) in [5.74, 6) is -1.14. The Balaban J connectivity index is 4.27. The second-order valence-electron chi connectivity index (χ2n) is 1.74. The maximum absolute atomic E-state index is 10.2. The predicted octanol–water partition coefficient (Wildman–Crippen LogP) is 0.561. The summed E-state index contributed by atoms with van der Waals surface area (Å²) in [5, 5.41) is 21.9. The second-order valence-corrected chi connectivity index (χ2v) is 1.74. The quantitative estimate of drug-likeness (QED) is 0.446. The molecule has 0 saturated carbocycles. The molecule has 0 aliphatic rings. The summed E-state index contributed by atoms with van der Waals surface area (Å²) in [4.78, 5) is 10.2. The average Bonchev–Trinajstić information content (AvgIpc) is 1.81. The van der Waals surface area contributed by atoms with E-state index in [0.717, 1.165) is 0 Å². The maximum Gasteiger partial charge on any atom is 0.336 e. The van der Waals surface area contributed by atoms with Gasteiger partial charge in [-0.3, -0.25) is 0 Å². The standard InChI is InChI=1S/C5H9N3O2/c1-3(6)4(5(9)10)8-7-2/h4,6H,1-2H3,(H,9,10). The fraction of sp³-hybridized carbons (Fsp3) is 0.600. The number of carbonyl (C=O) groups is 1. The van der Waals surface area contributed by atoms with Crippen LogP contribution in [0.3, 0.4) is 0 Å². The van der Waals surface area contributed by atoms with Gasteiger partial charge in [-0.05, 0) is 6.92 Å². The number of aliphatic carboxylic acids is 1. The summed E-state index contributed by atoms with van der Waals surface area (Å²) in [5.41, 5.74) is -0.0156. The third-order valence-corrected chi connectivity index (χ3v) is 0.875. The highest BCUT2D eigenvalue weighted by atomic mass is 16.4. The molecule has 0 aromatic rings. The van der Waals surface area contributed by atoms with Crippen molar-refractivity contribution in [1.82, 2.24) is 0 Å². The van der Waals surface area contributed by atoms with E-state index in [2.05, 4.69) is 10.2 Å². The Morgan fingerprint density at radius 2 is 2.20 bits per heavy atom. The zero-order valence-electron chi connectivity index (χ0n) is 5.83. The van der Waals surface area contributed by atoms with E-state index in [0.29, 0.717) is 0 Å². The number of nitrogens with one attached hydrogen (secondary N) is 1. The van der Waals surface area contributed by atoms with Crippen LogP contribution in [0.5, 0.6) is 0 Å². The van der Waals surface area contributed by atoms with Crippen LogP contribution in [0.4, 0.5) is 0 Å². The van der Waals surface area contributed by atoms with Crippen molar-refractivity contribution >= 4 is 11.7 Å². The molecular weight excluding hydrogens is 134 g/mol. The lowest BCUT2D eigenvalue weighted by Gasteiger charge is -2.00. The molecule has 2 N–H and O–H groups in total. The first kappa shape index (κ1) is 8.74. The minimum Gasteiger partial charge on any atom is -0.479 e. The molecule has 0 heterocycles. The van der Waals surface area contributed by atoms with Gasteiger partial charge in [0, 0.05) is 12.8 Å². The molecule has 1 unspecified atom stereocenters. The molecule has 1 atom stereocenters. The van der Waals surface area contributed by atoms with Gasteiger partial charge in [0.15, 0.2) is 0 Å². The first-order valence-corrected chi connectivity index (χ1v) is 2.66. The monoisotopic (exact) mass is 143 g/mol. The van der Waals surface area contributed by atoms with Crippen molar-refractivity contribution in [2.24, 2.45) is 10.2 Å². The van der Waals surface area contributed by atoms with Gasteiger partial charge in [-0.1, -0.05) is 0 Å². The fourth-order valence-electron chi connectivity index (χ4n) is 0.437. The van der Waals surface area contributed by atoms with Gasteiger partial charge in [-0.15, -0.1) is 0 Å². The van der Waals surface area contributed by atoms with Crippen LogP contribution in [0.25, 0.3) is 0 Å². The molecule has 0 aliphatic carbocycles. The highest BCUT2D eigenvalue weighted by Gasteiger charge is 2.17. The van der Waals surface area contributed by atoms with Crippen LogP contribution >= 0.6 is 0 Å². The molecule has 0 aliphatic heterocycles. The third-order valence-electron chi connectivity index (χ3n) is 0.875. The Morgan fingerprint density at radius 3 is 2.30 bits per heavy atom. The highest BCUT2D eigenvalue weighted by Crippen LogP contribution is 1.93. The number of hydrogen-bond donors (Lipinski definition) is 2. The van der Waals surface area contributed by atoms with Gasteiger partial charge in [-0.25, -0.2) is 4.79 Å². The van der Waals surface area contributed by atoms with E-state index < -0.39 is 12.0 Å². The lowest BCUT2D eigenvalue weighted by Crippen LogP contribution is -2.24. The highest BCUT2D eigenvalue weighted by molar-refractivity contribution is 6.02. The maximum atomic E-state index is 10.2. The van der Waals surface area contributed by atoms with Crippen molar-refractivity contribution in [2.75, 3.05) is 7.05 Å². The van der Waals surface area contributed by atoms with Crippen LogP contribution in [0.15, 0.2) is 10.2 Å². The minimum absolute atomic E-state index is 0.0156. The van der Waals surface area contributed by atoms with Crippen LogP contribution in [-0.4, -0.2) is 29.9 Å². The van der Waals surface area contributed by atoms with Crippen molar-refractivity contribution in [1.29, 1.82) is 5.41 Å². The Bertz CT molecular complexity index is 162.